The SMILES string of the molecule is Cn1cc([N+](=O)[O-])c(NCC2(C(=O)O)CCC2)n1. The van der Waals surface area contributed by atoms with Crippen molar-refractivity contribution in [2.24, 2.45) is 12.5 Å². The van der Waals surface area contributed by atoms with Crippen LogP contribution >= 0.6 is 0 Å². The first-order chi connectivity index (χ1) is 8.44. The minimum Gasteiger partial charge on any atom is -0.481 e. The zero-order valence-corrected chi connectivity index (χ0v) is 9.92. The topological polar surface area (TPSA) is 110 Å². The van der Waals surface area contributed by atoms with Crippen molar-refractivity contribution in [3.05, 3.63) is 16.3 Å². The van der Waals surface area contributed by atoms with Gasteiger partial charge in [-0.15, -0.1) is 5.10 Å². The lowest BCUT2D eigenvalue weighted by molar-refractivity contribution is -0.384. The third kappa shape index (κ3) is 2.01. The molecule has 0 spiro atoms. The molecule has 1 aliphatic rings. The lowest BCUT2D eigenvalue weighted by atomic mass is 9.69. The van der Waals surface area contributed by atoms with Crippen molar-refractivity contribution in [1.29, 1.82) is 0 Å². The van der Waals surface area contributed by atoms with Crippen molar-refractivity contribution in [1.82, 2.24) is 9.78 Å². The first kappa shape index (κ1) is 12.3. The summed E-state index contributed by atoms with van der Waals surface area (Å²) in [5, 5.41) is 26.6. The fourth-order valence-electron chi connectivity index (χ4n) is 2.06. The predicted molar refractivity (Wildman–Crippen MR) is 62.3 cm³/mol. The number of aromatic nitrogens is 2. The van der Waals surface area contributed by atoms with Gasteiger partial charge in [-0.25, -0.2) is 0 Å². The summed E-state index contributed by atoms with van der Waals surface area (Å²) in [6.45, 7) is 0.167. The number of aryl methyl sites for hydroxylation is 1. The van der Waals surface area contributed by atoms with Crippen LogP contribution in [-0.4, -0.2) is 32.3 Å². The molecule has 0 bridgehead atoms. The first-order valence-electron chi connectivity index (χ1n) is 5.60. The van der Waals surface area contributed by atoms with Gasteiger partial charge in [-0.3, -0.25) is 19.6 Å². The van der Waals surface area contributed by atoms with E-state index < -0.39 is 16.3 Å². The van der Waals surface area contributed by atoms with Gasteiger partial charge in [-0.1, -0.05) is 6.42 Å². The summed E-state index contributed by atoms with van der Waals surface area (Å²) in [4.78, 5) is 21.4. The molecule has 0 aromatic carbocycles. The molecule has 1 heterocycles. The average molecular weight is 254 g/mol. The van der Waals surface area contributed by atoms with Crippen molar-refractivity contribution in [2.75, 3.05) is 11.9 Å². The number of anilines is 1. The molecule has 0 unspecified atom stereocenters. The van der Waals surface area contributed by atoms with E-state index in [-0.39, 0.29) is 18.1 Å². The second-order valence-corrected chi connectivity index (χ2v) is 4.59. The molecule has 1 aromatic rings. The number of hydrogen-bond acceptors (Lipinski definition) is 5. The number of rotatable bonds is 5. The molecule has 0 atom stereocenters. The smallest absolute Gasteiger partial charge is 0.330 e. The molecule has 0 saturated heterocycles. The van der Waals surface area contributed by atoms with Gasteiger partial charge in [0.25, 0.3) is 0 Å². The fraction of sp³-hybridized carbons (Fsp3) is 0.600. The van der Waals surface area contributed by atoms with Crippen LogP contribution in [0.2, 0.25) is 0 Å². The van der Waals surface area contributed by atoms with Gasteiger partial charge in [0, 0.05) is 13.6 Å². The number of nitro groups is 1. The number of carboxylic acid groups (broad SMARTS) is 1. The standard InChI is InChI=1S/C10H14N4O4/c1-13-5-7(14(17)18)8(12-13)11-6-10(9(15)16)3-2-4-10/h5H,2-4,6H2,1H3,(H,11,12)(H,15,16). The fourth-order valence-corrected chi connectivity index (χ4v) is 2.06. The highest BCUT2D eigenvalue weighted by Crippen LogP contribution is 2.41. The quantitative estimate of drug-likeness (QED) is 0.599. The number of nitrogens with one attached hydrogen (secondary N) is 1. The molecule has 1 aliphatic carbocycles. The van der Waals surface area contributed by atoms with Crippen molar-refractivity contribution in [3.63, 3.8) is 0 Å². The summed E-state index contributed by atoms with van der Waals surface area (Å²) in [7, 11) is 1.58. The summed E-state index contributed by atoms with van der Waals surface area (Å²) < 4.78 is 1.33. The van der Waals surface area contributed by atoms with Crippen LogP contribution in [0.3, 0.4) is 0 Å². The summed E-state index contributed by atoms with van der Waals surface area (Å²) >= 11 is 0. The molecule has 98 valence electrons. The number of hydrogen-bond donors (Lipinski definition) is 2. The molecule has 0 radical (unpaired) electrons. The average Bonchev–Trinajstić information content (AvgIpc) is 2.57. The Kier molecular flexibility index (Phi) is 2.93. The number of carboxylic acids is 1. The van der Waals surface area contributed by atoms with E-state index in [2.05, 4.69) is 10.4 Å². The summed E-state index contributed by atoms with van der Waals surface area (Å²) in [6, 6.07) is 0. The molecule has 0 amide bonds. The molecule has 8 nitrogen and oxygen atoms in total. The molecule has 1 aromatic heterocycles. The van der Waals surface area contributed by atoms with Gasteiger partial charge in [0.1, 0.15) is 6.20 Å². The third-order valence-electron chi connectivity index (χ3n) is 3.36. The molecule has 1 saturated carbocycles. The largest absolute Gasteiger partial charge is 0.481 e. The number of carbonyl (C=O) groups is 1. The Balaban J connectivity index is 2.10. The minimum absolute atomic E-state index is 0.120. The van der Waals surface area contributed by atoms with E-state index in [1.165, 1.54) is 10.9 Å². The molecule has 2 rings (SSSR count). The van der Waals surface area contributed by atoms with Gasteiger partial charge < -0.3 is 10.4 Å². The maximum atomic E-state index is 11.1. The van der Waals surface area contributed by atoms with Crippen LogP contribution in [0, 0.1) is 15.5 Å². The van der Waals surface area contributed by atoms with Crippen LogP contribution in [0.1, 0.15) is 19.3 Å². The zero-order chi connectivity index (χ0) is 13.3. The maximum absolute atomic E-state index is 11.1. The van der Waals surface area contributed by atoms with Crippen LogP contribution in [0.15, 0.2) is 6.20 Å². The lowest BCUT2D eigenvalue weighted by Gasteiger charge is -2.37. The number of aliphatic carboxylic acids is 1. The first-order valence-corrected chi connectivity index (χ1v) is 5.60. The van der Waals surface area contributed by atoms with Crippen LogP contribution in [-0.2, 0) is 11.8 Å². The number of nitrogens with zero attached hydrogens (tertiary/aromatic N) is 3. The van der Waals surface area contributed by atoms with E-state index in [1.54, 1.807) is 7.05 Å². The lowest BCUT2D eigenvalue weighted by Crippen LogP contribution is -2.43. The molecule has 8 heteroatoms. The molecule has 18 heavy (non-hydrogen) atoms. The molecule has 1 fully saturated rings. The van der Waals surface area contributed by atoms with Crippen LogP contribution in [0.4, 0.5) is 11.5 Å². The molecular formula is C10H14N4O4. The molecular weight excluding hydrogens is 240 g/mol. The monoisotopic (exact) mass is 254 g/mol. The second-order valence-electron chi connectivity index (χ2n) is 4.59. The van der Waals surface area contributed by atoms with Gasteiger partial charge in [-0.05, 0) is 12.8 Å². The van der Waals surface area contributed by atoms with E-state index in [1.807, 2.05) is 0 Å². The van der Waals surface area contributed by atoms with Gasteiger partial charge >= 0.3 is 11.7 Å². The Bertz CT molecular complexity index is 492. The highest BCUT2D eigenvalue weighted by atomic mass is 16.6. The Hall–Kier alpha value is -2.12. The molecule has 0 aliphatic heterocycles. The zero-order valence-electron chi connectivity index (χ0n) is 9.92. The predicted octanol–water partition coefficient (Wildman–Crippen LogP) is 0.995. The van der Waals surface area contributed by atoms with Gasteiger partial charge in [0.15, 0.2) is 0 Å². The van der Waals surface area contributed by atoms with Crippen molar-refractivity contribution in [2.45, 2.75) is 19.3 Å². The maximum Gasteiger partial charge on any atom is 0.330 e. The Morgan fingerprint density at radius 3 is 2.83 bits per heavy atom. The second kappa shape index (κ2) is 4.28. The van der Waals surface area contributed by atoms with Crippen molar-refractivity contribution >= 4 is 17.5 Å². The Labute approximate surface area is 103 Å². The van der Waals surface area contributed by atoms with Crippen LogP contribution in [0.5, 0.6) is 0 Å². The Morgan fingerprint density at radius 1 is 1.72 bits per heavy atom. The normalized spacial score (nSPS) is 16.9. The van der Waals surface area contributed by atoms with Crippen LogP contribution < -0.4 is 5.32 Å². The highest BCUT2D eigenvalue weighted by molar-refractivity contribution is 5.76. The van der Waals surface area contributed by atoms with Gasteiger partial charge in [0.2, 0.25) is 5.82 Å². The summed E-state index contributed by atoms with van der Waals surface area (Å²) in [6.07, 6.45) is 3.35. The summed E-state index contributed by atoms with van der Waals surface area (Å²) in [5.74, 6) is -0.741. The van der Waals surface area contributed by atoms with Crippen LogP contribution in [0.25, 0.3) is 0 Å². The van der Waals surface area contributed by atoms with Gasteiger partial charge in [-0.2, -0.15) is 0 Å². The highest BCUT2D eigenvalue weighted by Gasteiger charge is 2.44. The van der Waals surface area contributed by atoms with E-state index in [4.69, 9.17) is 5.11 Å². The van der Waals surface area contributed by atoms with Gasteiger partial charge in [0.05, 0.1) is 10.3 Å². The van der Waals surface area contributed by atoms with E-state index >= 15 is 0 Å². The van der Waals surface area contributed by atoms with Crippen molar-refractivity contribution in [3.8, 4) is 0 Å². The van der Waals surface area contributed by atoms with E-state index in [0.29, 0.717) is 12.8 Å². The third-order valence-corrected chi connectivity index (χ3v) is 3.36. The van der Waals surface area contributed by atoms with E-state index in [9.17, 15) is 14.9 Å². The molecule has 2 N–H and O–H groups in total. The van der Waals surface area contributed by atoms with E-state index in [0.717, 1.165) is 6.42 Å². The van der Waals surface area contributed by atoms with Crippen molar-refractivity contribution < 1.29 is 14.8 Å². The Morgan fingerprint density at radius 2 is 2.39 bits per heavy atom. The summed E-state index contributed by atoms with van der Waals surface area (Å²) in [5.41, 5.74) is -0.942. The minimum atomic E-state index is -0.861.